The number of fused-ring (bicyclic) bond motifs is 1. The van der Waals surface area contributed by atoms with Crippen molar-refractivity contribution in [3.63, 3.8) is 0 Å². The number of aryl methyl sites for hydroxylation is 2. The number of likely N-dealkylation sites (tertiary alicyclic amines) is 1. The number of ketones is 1. The zero-order valence-electron chi connectivity index (χ0n) is 16.5. The van der Waals surface area contributed by atoms with Gasteiger partial charge in [0, 0.05) is 29.6 Å². The van der Waals surface area contributed by atoms with Crippen molar-refractivity contribution in [2.75, 3.05) is 6.54 Å². The number of H-pyrrole nitrogens is 1. The van der Waals surface area contributed by atoms with Crippen molar-refractivity contribution in [2.24, 2.45) is 0 Å². The van der Waals surface area contributed by atoms with Gasteiger partial charge in [0.1, 0.15) is 0 Å². The van der Waals surface area contributed by atoms with Crippen LogP contribution in [0.4, 0.5) is 0 Å². The van der Waals surface area contributed by atoms with Gasteiger partial charge in [-0.1, -0.05) is 42.5 Å². The molecule has 1 aliphatic heterocycles. The number of aromatic amines is 1. The van der Waals surface area contributed by atoms with E-state index in [1.54, 1.807) is 17.0 Å². The summed E-state index contributed by atoms with van der Waals surface area (Å²) in [6.45, 7) is 2.57. The van der Waals surface area contributed by atoms with Crippen LogP contribution in [0.2, 0.25) is 0 Å². The Labute approximate surface area is 169 Å². The summed E-state index contributed by atoms with van der Waals surface area (Å²) in [6.07, 6.45) is 2.10. The first-order chi connectivity index (χ1) is 14.0. The first-order valence-electron chi connectivity index (χ1n) is 10.0. The Hall–Kier alpha value is -3.21. The highest BCUT2D eigenvalue weighted by atomic mass is 16.2. The molecule has 5 nitrogen and oxygen atoms in total. The zero-order chi connectivity index (χ0) is 20.4. The van der Waals surface area contributed by atoms with E-state index in [0.29, 0.717) is 30.5 Å². The van der Waals surface area contributed by atoms with Gasteiger partial charge in [0.05, 0.1) is 6.04 Å². The standard InChI is InChI=1S/C24H24N2O3/c1-16-9-10-18-15-19(24(29)25-20(18)14-16)11-12-22(27)26-13-5-8-21(26)23(28)17-6-3-2-4-7-17/h2-4,6-7,9-10,14-15,21H,5,8,11-13H2,1H3,(H,25,29). The van der Waals surface area contributed by atoms with Crippen molar-refractivity contribution < 1.29 is 9.59 Å². The van der Waals surface area contributed by atoms with Gasteiger partial charge in [-0.3, -0.25) is 14.4 Å². The number of Topliss-reactive ketones (excluding diaryl/α,β-unsaturated/α-hetero) is 1. The molecule has 1 atom stereocenters. The number of nitrogens with zero attached hydrogens (tertiary/aromatic N) is 1. The van der Waals surface area contributed by atoms with Gasteiger partial charge in [0.2, 0.25) is 5.91 Å². The molecule has 0 bridgehead atoms. The number of carbonyl (C=O) groups is 2. The fraction of sp³-hybridized carbons (Fsp3) is 0.292. The minimum Gasteiger partial charge on any atom is -0.332 e. The Morgan fingerprint density at radius 1 is 1.10 bits per heavy atom. The third-order valence-electron chi connectivity index (χ3n) is 5.62. The molecule has 0 saturated carbocycles. The lowest BCUT2D eigenvalue weighted by Gasteiger charge is -2.24. The van der Waals surface area contributed by atoms with E-state index in [2.05, 4.69) is 4.98 Å². The predicted molar refractivity (Wildman–Crippen MR) is 113 cm³/mol. The molecule has 2 heterocycles. The topological polar surface area (TPSA) is 70.2 Å². The summed E-state index contributed by atoms with van der Waals surface area (Å²) in [7, 11) is 0. The van der Waals surface area contributed by atoms with E-state index in [4.69, 9.17) is 0 Å². The van der Waals surface area contributed by atoms with E-state index >= 15 is 0 Å². The van der Waals surface area contributed by atoms with E-state index < -0.39 is 6.04 Å². The number of rotatable bonds is 5. The summed E-state index contributed by atoms with van der Waals surface area (Å²) in [6, 6.07) is 16.5. The number of pyridine rings is 1. The summed E-state index contributed by atoms with van der Waals surface area (Å²) in [5.74, 6) is -0.0736. The van der Waals surface area contributed by atoms with Gasteiger partial charge in [-0.15, -0.1) is 0 Å². The summed E-state index contributed by atoms with van der Waals surface area (Å²) < 4.78 is 0. The number of benzene rings is 2. The van der Waals surface area contributed by atoms with Crippen molar-refractivity contribution in [1.82, 2.24) is 9.88 Å². The van der Waals surface area contributed by atoms with Gasteiger partial charge in [-0.2, -0.15) is 0 Å². The Morgan fingerprint density at radius 2 is 1.90 bits per heavy atom. The molecule has 1 aromatic heterocycles. The molecule has 148 valence electrons. The monoisotopic (exact) mass is 388 g/mol. The van der Waals surface area contributed by atoms with Crippen molar-refractivity contribution in [2.45, 2.75) is 38.6 Å². The fourth-order valence-electron chi connectivity index (χ4n) is 4.06. The lowest BCUT2D eigenvalue weighted by Crippen LogP contribution is -2.40. The molecule has 0 spiro atoms. The molecule has 1 aliphatic rings. The molecule has 5 heteroatoms. The van der Waals surface area contributed by atoms with E-state index in [-0.39, 0.29) is 23.7 Å². The molecule has 1 fully saturated rings. The molecule has 0 aliphatic carbocycles. The van der Waals surface area contributed by atoms with Crippen molar-refractivity contribution in [1.29, 1.82) is 0 Å². The number of amides is 1. The van der Waals surface area contributed by atoms with E-state index in [1.807, 2.05) is 49.4 Å². The van der Waals surface area contributed by atoms with Gasteiger partial charge in [0.25, 0.3) is 5.56 Å². The third kappa shape index (κ3) is 3.99. The molecule has 3 aromatic rings. The normalized spacial score (nSPS) is 16.3. The van der Waals surface area contributed by atoms with Crippen LogP contribution in [0.3, 0.4) is 0 Å². The Kier molecular flexibility index (Phi) is 5.30. The molecular weight excluding hydrogens is 364 g/mol. The minimum absolute atomic E-state index is 0.00429. The summed E-state index contributed by atoms with van der Waals surface area (Å²) in [5.41, 5.74) is 2.96. The van der Waals surface area contributed by atoms with Crippen LogP contribution in [0.1, 0.15) is 40.7 Å². The molecule has 29 heavy (non-hydrogen) atoms. The lowest BCUT2D eigenvalue weighted by atomic mass is 10.0. The highest BCUT2D eigenvalue weighted by Crippen LogP contribution is 2.23. The lowest BCUT2D eigenvalue weighted by molar-refractivity contribution is -0.131. The van der Waals surface area contributed by atoms with Crippen molar-refractivity contribution in [3.8, 4) is 0 Å². The third-order valence-corrected chi connectivity index (χ3v) is 5.62. The number of nitrogens with one attached hydrogen (secondary N) is 1. The van der Waals surface area contributed by atoms with Gasteiger partial charge >= 0.3 is 0 Å². The van der Waals surface area contributed by atoms with Crippen LogP contribution < -0.4 is 5.56 Å². The van der Waals surface area contributed by atoms with Crippen LogP contribution in [0.25, 0.3) is 10.9 Å². The van der Waals surface area contributed by atoms with Crippen LogP contribution in [0.15, 0.2) is 59.4 Å². The molecule has 1 amide bonds. The summed E-state index contributed by atoms with van der Waals surface area (Å²) in [4.78, 5) is 42.7. The first kappa shape index (κ1) is 19.1. The second kappa shape index (κ2) is 8.03. The minimum atomic E-state index is -0.400. The van der Waals surface area contributed by atoms with E-state index in [9.17, 15) is 14.4 Å². The van der Waals surface area contributed by atoms with Crippen LogP contribution in [-0.2, 0) is 11.2 Å². The Morgan fingerprint density at radius 3 is 2.69 bits per heavy atom. The molecule has 4 rings (SSSR count). The van der Waals surface area contributed by atoms with Gasteiger partial charge in [0.15, 0.2) is 5.78 Å². The quantitative estimate of drug-likeness (QED) is 0.679. The van der Waals surface area contributed by atoms with Crippen molar-refractivity contribution in [3.05, 3.63) is 81.6 Å². The molecule has 0 radical (unpaired) electrons. The Bertz CT molecular complexity index is 1120. The number of aromatic nitrogens is 1. The van der Waals surface area contributed by atoms with Crippen LogP contribution in [-0.4, -0.2) is 34.2 Å². The molecule has 2 aromatic carbocycles. The van der Waals surface area contributed by atoms with Gasteiger partial charge < -0.3 is 9.88 Å². The van der Waals surface area contributed by atoms with Crippen LogP contribution in [0.5, 0.6) is 0 Å². The fourth-order valence-corrected chi connectivity index (χ4v) is 4.06. The van der Waals surface area contributed by atoms with E-state index in [1.165, 1.54) is 0 Å². The zero-order valence-corrected chi connectivity index (χ0v) is 16.5. The first-order valence-corrected chi connectivity index (χ1v) is 10.0. The summed E-state index contributed by atoms with van der Waals surface area (Å²) in [5, 5.41) is 0.955. The molecule has 1 saturated heterocycles. The maximum atomic E-state index is 12.8. The maximum Gasteiger partial charge on any atom is 0.251 e. The average molecular weight is 388 g/mol. The van der Waals surface area contributed by atoms with Crippen LogP contribution in [0, 0.1) is 6.92 Å². The average Bonchev–Trinajstić information content (AvgIpc) is 3.22. The summed E-state index contributed by atoms with van der Waals surface area (Å²) >= 11 is 0. The van der Waals surface area contributed by atoms with Crippen LogP contribution >= 0.6 is 0 Å². The SMILES string of the molecule is Cc1ccc2cc(CCC(=O)N3CCCC3C(=O)c3ccccc3)c(=O)[nH]c2c1. The number of hydrogen-bond acceptors (Lipinski definition) is 3. The second-order valence-corrected chi connectivity index (χ2v) is 7.69. The number of carbonyl (C=O) groups excluding carboxylic acids is 2. The predicted octanol–water partition coefficient (Wildman–Crippen LogP) is 3.64. The van der Waals surface area contributed by atoms with E-state index in [0.717, 1.165) is 22.9 Å². The number of hydrogen-bond donors (Lipinski definition) is 1. The smallest absolute Gasteiger partial charge is 0.251 e. The largest absolute Gasteiger partial charge is 0.332 e. The highest BCUT2D eigenvalue weighted by molar-refractivity contribution is 6.02. The molecular formula is C24H24N2O3. The molecule has 1 N–H and O–H groups in total. The second-order valence-electron chi connectivity index (χ2n) is 7.69. The van der Waals surface area contributed by atoms with Crippen molar-refractivity contribution >= 4 is 22.6 Å². The van der Waals surface area contributed by atoms with Gasteiger partial charge in [-0.05, 0) is 49.3 Å². The maximum absolute atomic E-state index is 12.8. The highest BCUT2D eigenvalue weighted by Gasteiger charge is 2.34. The van der Waals surface area contributed by atoms with Gasteiger partial charge in [-0.25, -0.2) is 0 Å². The Balaban J connectivity index is 1.47. The molecule has 1 unspecified atom stereocenters.